The molecule has 0 fully saturated rings. The fourth-order valence-electron chi connectivity index (χ4n) is 2.25. The van der Waals surface area contributed by atoms with Crippen molar-refractivity contribution in [3.8, 4) is 11.5 Å². The molecule has 7 heteroatoms. The largest absolute Gasteiger partial charge is 0.452 e. The van der Waals surface area contributed by atoms with Crippen molar-refractivity contribution in [2.24, 2.45) is 0 Å². The van der Waals surface area contributed by atoms with Crippen molar-refractivity contribution in [3.63, 3.8) is 0 Å². The molecule has 3 rings (SSSR count). The van der Waals surface area contributed by atoms with E-state index in [1.165, 1.54) is 12.1 Å². The summed E-state index contributed by atoms with van der Waals surface area (Å²) in [7, 11) is 0. The minimum absolute atomic E-state index is 0.0676. The molecule has 0 unspecified atom stereocenters. The Kier molecular flexibility index (Phi) is 3.46. The molecular weight excluding hydrogens is 289 g/mol. The molecule has 112 valence electrons. The second kappa shape index (κ2) is 5.44. The number of hydrogen-bond acceptors (Lipinski definition) is 4. The highest BCUT2D eigenvalue weighted by Crippen LogP contribution is 2.31. The molecule has 0 aliphatic heterocycles. The van der Waals surface area contributed by atoms with Gasteiger partial charge in [-0.15, -0.1) is 0 Å². The lowest BCUT2D eigenvalue weighted by molar-refractivity contribution is -0.385. The minimum atomic E-state index is -0.784. The predicted molar refractivity (Wildman–Crippen MR) is 77.7 cm³/mol. The second-order valence-electron chi connectivity index (χ2n) is 4.66. The first kappa shape index (κ1) is 14.0. The summed E-state index contributed by atoms with van der Waals surface area (Å²) in [6, 6.07) is 6.85. The molecule has 0 radical (unpaired) electrons. The van der Waals surface area contributed by atoms with E-state index >= 15 is 0 Å². The van der Waals surface area contributed by atoms with E-state index in [1.807, 2.05) is 13.0 Å². The first-order valence-corrected chi connectivity index (χ1v) is 6.67. The summed E-state index contributed by atoms with van der Waals surface area (Å²) in [4.78, 5) is 9.98. The highest BCUT2D eigenvalue weighted by atomic mass is 19.1. The lowest BCUT2D eigenvalue weighted by atomic mass is 10.2. The molecule has 0 aliphatic carbocycles. The quantitative estimate of drug-likeness (QED) is 0.543. The van der Waals surface area contributed by atoms with Gasteiger partial charge < -0.3 is 4.74 Å². The Bertz CT molecular complexity index is 860. The maximum Gasteiger partial charge on any atom is 0.272 e. The molecule has 0 saturated carbocycles. The molecular formula is C15H12FN3O3. The first-order valence-electron chi connectivity index (χ1n) is 6.67. The number of nitrogens with zero attached hydrogens (tertiary/aromatic N) is 3. The number of non-ortho nitro benzene ring substituents is 1. The van der Waals surface area contributed by atoms with Gasteiger partial charge in [-0.05, 0) is 24.1 Å². The van der Waals surface area contributed by atoms with Crippen molar-refractivity contribution >= 4 is 11.2 Å². The van der Waals surface area contributed by atoms with Gasteiger partial charge in [0.2, 0.25) is 0 Å². The molecule has 2 heterocycles. The maximum atomic E-state index is 14.0. The van der Waals surface area contributed by atoms with Crippen LogP contribution in [0.4, 0.5) is 10.1 Å². The van der Waals surface area contributed by atoms with Gasteiger partial charge in [0.1, 0.15) is 5.52 Å². The molecule has 0 saturated heterocycles. The number of aryl methyl sites for hydroxylation is 1. The smallest absolute Gasteiger partial charge is 0.272 e. The summed E-state index contributed by atoms with van der Waals surface area (Å²) < 4.78 is 21.2. The minimum Gasteiger partial charge on any atom is -0.452 e. The zero-order valence-corrected chi connectivity index (χ0v) is 11.7. The normalized spacial score (nSPS) is 10.8. The number of nitro groups is 1. The molecule has 0 aliphatic rings. The summed E-state index contributed by atoms with van der Waals surface area (Å²) >= 11 is 0. The third kappa shape index (κ3) is 2.37. The Morgan fingerprint density at radius 2 is 2.14 bits per heavy atom. The van der Waals surface area contributed by atoms with Gasteiger partial charge >= 0.3 is 0 Å². The zero-order valence-electron chi connectivity index (χ0n) is 11.7. The van der Waals surface area contributed by atoms with E-state index < -0.39 is 10.7 Å². The van der Waals surface area contributed by atoms with Crippen LogP contribution in [0, 0.1) is 15.9 Å². The summed E-state index contributed by atoms with van der Waals surface area (Å²) in [5.41, 5.74) is 1.45. The van der Waals surface area contributed by atoms with Gasteiger partial charge in [0.05, 0.1) is 17.2 Å². The maximum absolute atomic E-state index is 14.0. The van der Waals surface area contributed by atoms with Crippen molar-refractivity contribution < 1.29 is 14.1 Å². The summed E-state index contributed by atoms with van der Waals surface area (Å²) in [5.74, 6) is -0.402. The van der Waals surface area contributed by atoms with Crippen LogP contribution in [0.25, 0.3) is 5.52 Å². The van der Waals surface area contributed by atoms with Crippen LogP contribution in [0.1, 0.15) is 12.5 Å². The van der Waals surface area contributed by atoms with Crippen LogP contribution in [-0.2, 0) is 6.42 Å². The van der Waals surface area contributed by atoms with Crippen LogP contribution in [0.2, 0.25) is 0 Å². The van der Waals surface area contributed by atoms with Crippen LogP contribution in [-0.4, -0.2) is 14.5 Å². The highest BCUT2D eigenvalue weighted by molar-refractivity contribution is 5.66. The third-order valence-corrected chi connectivity index (χ3v) is 3.33. The Labute approximate surface area is 124 Å². The highest BCUT2D eigenvalue weighted by Gasteiger charge is 2.15. The number of benzene rings is 1. The average molecular weight is 301 g/mol. The van der Waals surface area contributed by atoms with Crippen molar-refractivity contribution in [1.82, 2.24) is 9.61 Å². The van der Waals surface area contributed by atoms with Crippen LogP contribution in [0.15, 0.2) is 42.7 Å². The Morgan fingerprint density at radius 3 is 2.82 bits per heavy atom. The average Bonchev–Trinajstić information content (AvgIpc) is 2.93. The van der Waals surface area contributed by atoms with E-state index in [0.29, 0.717) is 5.75 Å². The van der Waals surface area contributed by atoms with Crippen molar-refractivity contribution in [3.05, 3.63) is 64.2 Å². The van der Waals surface area contributed by atoms with E-state index in [4.69, 9.17) is 4.74 Å². The van der Waals surface area contributed by atoms with E-state index in [0.717, 1.165) is 23.6 Å². The van der Waals surface area contributed by atoms with Gasteiger partial charge in [-0.2, -0.15) is 5.10 Å². The van der Waals surface area contributed by atoms with E-state index in [-0.39, 0.29) is 11.4 Å². The third-order valence-electron chi connectivity index (χ3n) is 3.33. The molecule has 2 aromatic heterocycles. The summed E-state index contributed by atoms with van der Waals surface area (Å²) in [6.45, 7) is 2.00. The molecule has 0 bridgehead atoms. The fraction of sp³-hybridized carbons (Fsp3) is 0.133. The van der Waals surface area contributed by atoms with Crippen molar-refractivity contribution in [2.45, 2.75) is 13.3 Å². The molecule has 1 aromatic carbocycles. The Balaban J connectivity index is 2.03. The standard InChI is InChI=1S/C15H12FN3O3/c1-2-10-6-8-18-15(10)14(5-7-17-18)22-13-4-3-11(19(20)21)9-12(13)16/h3-9H,2H2,1H3. The molecule has 22 heavy (non-hydrogen) atoms. The molecule has 0 spiro atoms. The van der Waals surface area contributed by atoms with Crippen molar-refractivity contribution in [1.29, 1.82) is 0 Å². The zero-order chi connectivity index (χ0) is 15.7. The lowest BCUT2D eigenvalue weighted by Gasteiger charge is -2.09. The van der Waals surface area contributed by atoms with Gasteiger partial charge in [-0.1, -0.05) is 6.92 Å². The van der Waals surface area contributed by atoms with E-state index in [1.54, 1.807) is 23.0 Å². The van der Waals surface area contributed by atoms with Crippen molar-refractivity contribution in [2.75, 3.05) is 0 Å². The van der Waals surface area contributed by atoms with Gasteiger partial charge in [0, 0.05) is 18.3 Å². The molecule has 0 amide bonds. The number of aromatic nitrogens is 2. The van der Waals surface area contributed by atoms with Crippen LogP contribution < -0.4 is 4.74 Å². The lowest BCUT2D eigenvalue weighted by Crippen LogP contribution is -1.96. The molecule has 6 nitrogen and oxygen atoms in total. The van der Waals surface area contributed by atoms with Crippen LogP contribution in [0.3, 0.4) is 0 Å². The Hall–Kier alpha value is -2.96. The van der Waals surface area contributed by atoms with Crippen LogP contribution in [0.5, 0.6) is 11.5 Å². The predicted octanol–water partition coefficient (Wildman–Crippen LogP) is 3.74. The monoisotopic (exact) mass is 301 g/mol. The van der Waals surface area contributed by atoms with E-state index in [2.05, 4.69) is 5.10 Å². The number of hydrogen-bond donors (Lipinski definition) is 0. The molecule has 0 N–H and O–H groups in total. The van der Waals surface area contributed by atoms with Gasteiger partial charge in [-0.25, -0.2) is 8.91 Å². The SMILES string of the molecule is CCc1ccn2nccc(Oc3ccc([N+](=O)[O-])cc3F)c12. The number of rotatable bonds is 4. The summed E-state index contributed by atoms with van der Waals surface area (Å²) in [6.07, 6.45) is 4.12. The van der Waals surface area contributed by atoms with Gasteiger partial charge in [-0.3, -0.25) is 10.1 Å². The second-order valence-corrected chi connectivity index (χ2v) is 4.66. The molecule has 3 aromatic rings. The summed E-state index contributed by atoms with van der Waals surface area (Å²) in [5, 5.41) is 14.8. The first-order chi connectivity index (χ1) is 10.6. The number of halogens is 1. The van der Waals surface area contributed by atoms with Crippen LogP contribution >= 0.6 is 0 Å². The molecule has 0 atom stereocenters. The van der Waals surface area contributed by atoms with E-state index in [9.17, 15) is 14.5 Å². The fourth-order valence-corrected chi connectivity index (χ4v) is 2.25. The Morgan fingerprint density at radius 1 is 1.32 bits per heavy atom. The topological polar surface area (TPSA) is 69.7 Å². The number of nitro benzene ring substituents is 1. The van der Waals surface area contributed by atoms with Gasteiger partial charge in [0.25, 0.3) is 5.69 Å². The number of fused-ring (bicyclic) bond motifs is 1. The number of ether oxygens (including phenoxy) is 1. The van der Waals surface area contributed by atoms with Gasteiger partial charge in [0.15, 0.2) is 17.3 Å².